The monoisotopic (exact) mass is 376 g/mol. The van der Waals surface area contributed by atoms with Crippen molar-refractivity contribution < 1.29 is 8.42 Å². The van der Waals surface area contributed by atoms with E-state index in [4.69, 9.17) is 11.6 Å². The summed E-state index contributed by atoms with van der Waals surface area (Å²) < 4.78 is 27.6. The van der Waals surface area contributed by atoms with Gasteiger partial charge in [-0.3, -0.25) is 0 Å². The van der Waals surface area contributed by atoms with Crippen LogP contribution in [-0.2, 0) is 10.0 Å². The molecule has 2 aliphatic rings. The Labute approximate surface area is 154 Å². The molecule has 2 atom stereocenters. The van der Waals surface area contributed by atoms with E-state index in [-0.39, 0.29) is 6.04 Å². The van der Waals surface area contributed by atoms with E-state index in [1.807, 2.05) is 43.3 Å². The zero-order valence-corrected chi connectivity index (χ0v) is 15.7. The molecule has 4 rings (SSSR count). The maximum atomic E-state index is 13.0. The van der Waals surface area contributed by atoms with Gasteiger partial charge in [0, 0.05) is 36.4 Å². The molecule has 2 aliphatic heterocycles. The van der Waals surface area contributed by atoms with Crippen LogP contribution in [0.25, 0.3) is 0 Å². The fourth-order valence-electron chi connectivity index (χ4n) is 3.93. The van der Waals surface area contributed by atoms with Crippen LogP contribution in [0.15, 0.2) is 53.4 Å². The highest BCUT2D eigenvalue weighted by Gasteiger charge is 2.45. The minimum absolute atomic E-state index is 0.237. The fourth-order valence-corrected chi connectivity index (χ4v) is 5.57. The van der Waals surface area contributed by atoms with E-state index in [1.165, 1.54) is 0 Å². The summed E-state index contributed by atoms with van der Waals surface area (Å²) >= 11 is 5.99. The van der Waals surface area contributed by atoms with Gasteiger partial charge in [-0.25, -0.2) is 8.42 Å². The molecule has 0 N–H and O–H groups in total. The Morgan fingerprint density at radius 2 is 1.68 bits per heavy atom. The van der Waals surface area contributed by atoms with Gasteiger partial charge < -0.3 is 4.90 Å². The van der Waals surface area contributed by atoms with Crippen LogP contribution >= 0.6 is 11.6 Å². The summed E-state index contributed by atoms with van der Waals surface area (Å²) in [6.45, 7) is 4.07. The SMILES string of the molecule is Cc1ccc(S(=O)(=O)N2C[C@@H]3CCN(c4ccc(Cl)cc4)[C@@H]3C2)cc1. The standard InChI is InChI=1S/C19H21ClN2O2S/c1-14-2-8-18(9-3-14)25(23,24)21-12-15-10-11-22(19(15)13-21)17-6-4-16(20)5-7-17/h2-9,15,19H,10-13H2,1H3/t15-,19+/m0/s1. The molecule has 2 heterocycles. The number of rotatable bonds is 3. The molecule has 0 aromatic heterocycles. The number of benzene rings is 2. The molecule has 2 aromatic rings. The lowest BCUT2D eigenvalue weighted by Crippen LogP contribution is -2.37. The Hall–Kier alpha value is -1.56. The molecule has 25 heavy (non-hydrogen) atoms. The second kappa shape index (κ2) is 6.31. The van der Waals surface area contributed by atoms with Gasteiger partial charge in [0.1, 0.15) is 0 Å². The van der Waals surface area contributed by atoms with Crippen LogP contribution in [0, 0.1) is 12.8 Å². The Morgan fingerprint density at radius 1 is 1.00 bits per heavy atom. The summed E-state index contributed by atoms with van der Waals surface area (Å²) in [6, 6.07) is 15.2. The average Bonchev–Trinajstić information content (AvgIpc) is 3.17. The Kier molecular flexibility index (Phi) is 4.26. The van der Waals surface area contributed by atoms with Crippen LogP contribution in [0.2, 0.25) is 5.02 Å². The summed E-state index contributed by atoms with van der Waals surface area (Å²) in [5.74, 6) is 0.385. The number of fused-ring (bicyclic) bond motifs is 1. The lowest BCUT2D eigenvalue weighted by molar-refractivity contribution is 0.451. The topological polar surface area (TPSA) is 40.6 Å². The quantitative estimate of drug-likeness (QED) is 0.822. The van der Waals surface area contributed by atoms with E-state index in [2.05, 4.69) is 4.90 Å². The first-order chi connectivity index (χ1) is 11.9. The lowest BCUT2D eigenvalue weighted by atomic mass is 10.1. The van der Waals surface area contributed by atoms with Crippen LogP contribution < -0.4 is 4.90 Å². The Morgan fingerprint density at radius 3 is 2.36 bits per heavy atom. The van der Waals surface area contributed by atoms with Crippen molar-refractivity contribution in [3.8, 4) is 0 Å². The maximum Gasteiger partial charge on any atom is 0.243 e. The van der Waals surface area contributed by atoms with E-state index in [1.54, 1.807) is 16.4 Å². The van der Waals surface area contributed by atoms with E-state index < -0.39 is 10.0 Å². The minimum Gasteiger partial charge on any atom is -0.367 e. The lowest BCUT2D eigenvalue weighted by Gasteiger charge is -2.27. The first-order valence-electron chi connectivity index (χ1n) is 8.54. The number of anilines is 1. The van der Waals surface area contributed by atoms with E-state index in [9.17, 15) is 8.42 Å². The number of hydrogen-bond acceptors (Lipinski definition) is 3. The fraction of sp³-hybridized carbons (Fsp3) is 0.368. The molecule has 0 amide bonds. The zero-order chi connectivity index (χ0) is 17.6. The van der Waals surface area contributed by atoms with Gasteiger partial charge in [-0.2, -0.15) is 4.31 Å². The molecular weight excluding hydrogens is 356 g/mol. The normalized spacial score (nSPS) is 23.8. The maximum absolute atomic E-state index is 13.0. The van der Waals surface area contributed by atoms with Crippen molar-refractivity contribution in [3.05, 3.63) is 59.1 Å². The van der Waals surface area contributed by atoms with Crippen LogP contribution in [0.4, 0.5) is 5.69 Å². The van der Waals surface area contributed by atoms with Crippen molar-refractivity contribution in [1.82, 2.24) is 4.31 Å². The smallest absolute Gasteiger partial charge is 0.243 e. The predicted molar refractivity (Wildman–Crippen MR) is 101 cm³/mol. The molecule has 0 bridgehead atoms. The zero-order valence-electron chi connectivity index (χ0n) is 14.1. The summed E-state index contributed by atoms with van der Waals surface area (Å²) in [7, 11) is -3.42. The number of sulfonamides is 1. The van der Waals surface area contributed by atoms with Crippen LogP contribution in [0.3, 0.4) is 0 Å². The third-order valence-electron chi connectivity index (χ3n) is 5.33. The van der Waals surface area contributed by atoms with Crippen molar-refractivity contribution >= 4 is 27.3 Å². The summed E-state index contributed by atoms with van der Waals surface area (Å²) in [4.78, 5) is 2.71. The van der Waals surface area contributed by atoms with Gasteiger partial charge in [0.05, 0.1) is 4.90 Å². The molecule has 0 saturated carbocycles. The summed E-state index contributed by atoms with van der Waals surface area (Å²) in [5, 5.41) is 0.717. The Balaban J connectivity index is 1.56. The molecule has 4 nitrogen and oxygen atoms in total. The van der Waals surface area contributed by atoms with Gasteiger partial charge >= 0.3 is 0 Å². The van der Waals surface area contributed by atoms with Crippen LogP contribution in [0.5, 0.6) is 0 Å². The molecule has 2 aromatic carbocycles. The van der Waals surface area contributed by atoms with Crippen LogP contribution in [-0.4, -0.2) is 38.4 Å². The summed E-state index contributed by atoms with van der Waals surface area (Å²) in [5.41, 5.74) is 2.18. The second-order valence-corrected chi connectivity index (χ2v) is 9.30. The molecule has 132 valence electrons. The molecule has 2 saturated heterocycles. The Bertz CT molecular complexity index is 865. The average molecular weight is 377 g/mol. The van der Waals surface area contributed by atoms with Crippen molar-refractivity contribution in [2.45, 2.75) is 24.3 Å². The van der Waals surface area contributed by atoms with Gasteiger partial charge in [0.2, 0.25) is 10.0 Å². The third-order valence-corrected chi connectivity index (χ3v) is 7.43. The second-order valence-electron chi connectivity index (χ2n) is 6.92. The largest absolute Gasteiger partial charge is 0.367 e. The highest BCUT2D eigenvalue weighted by atomic mass is 35.5. The molecule has 0 aliphatic carbocycles. The van der Waals surface area contributed by atoms with Crippen LogP contribution in [0.1, 0.15) is 12.0 Å². The third kappa shape index (κ3) is 3.05. The highest BCUT2D eigenvalue weighted by Crippen LogP contribution is 2.37. The van der Waals surface area contributed by atoms with Crippen molar-refractivity contribution in [2.24, 2.45) is 5.92 Å². The van der Waals surface area contributed by atoms with E-state index >= 15 is 0 Å². The van der Waals surface area contributed by atoms with Gasteiger partial charge in [-0.15, -0.1) is 0 Å². The summed E-state index contributed by atoms with van der Waals surface area (Å²) in [6.07, 6.45) is 1.02. The highest BCUT2D eigenvalue weighted by molar-refractivity contribution is 7.89. The van der Waals surface area contributed by atoms with E-state index in [0.29, 0.717) is 23.9 Å². The molecule has 0 unspecified atom stereocenters. The molecule has 0 spiro atoms. The number of hydrogen-bond donors (Lipinski definition) is 0. The van der Waals surface area contributed by atoms with Crippen molar-refractivity contribution in [3.63, 3.8) is 0 Å². The van der Waals surface area contributed by atoms with Crippen molar-refractivity contribution in [1.29, 1.82) is 0 Å². The first-order valence-corrected chi connectivity index (χ1v) is 10.4. The minimum atomic E-state index is -3.42. The molecule has 6 heteroatoms. The van der Waals surface area contributed by atoms with E-state index in [0.717, 1.165) is 29.2 Å². The number of aryl methyl sites for hydroxylation is 1. The van der Waals surface area contributed by atoms with Gasteiger partial charge in [-0.05, 0) is 55.7 Å². The van der Waals surface area contributed by atoms with Gasteiger partial charge in [0.15, 0.2) is 0 Å². The molecule has 0 radical (unpaired) electrons. The van der Waals surface area contributed by atoms with Crippen molar-refractivity contribution in [2.75, 3.05) is 24.5 Å². The number of nitrogens with zero attached hydrogens (tertiary/aromatic N) is 2. The number of halogens is 1. The first kappa shape index (κ1) is 16.9. The predicted octanol–water partition coefficient (Wildman–Crippen LogP) is 3.55. The van der Waals surface area contributed by atoms with Gasteiger partial charge in [-0.1, -0.05) is 29.3 Å². The molecule has 2 fully saturated rings. The molecular formula is C19H21ClN2O2S. The van der Waals surface area contributed by atoms with Gasteiger partial charge in [0.25, 0.3) is 0 Å².